The van der Waals surface area contributed by atoms with Crippen molar-refractivity contribution in [3.63, 3.8) is 0 Å². The number of likely N-dealkylation sites (tertiary alicyclic amines) is 1. The Balaban J connectivity index is 1.38. The molecular formula is C23H36N4O2. The fourth-order valence-electron chi connectivity index (χ4n) is 3.95. The van der Waals surface area contributed by atoms with Crippen LogP contribution in [0.2, 0.25) is 0 Å². The molecule has 0 radical (unpaired) electrons. The van der Waals surface area contributed by atoms with Crippen molar-refractivity contribution in [2.24, 2.45) is 0 Å². The Kier molecular flexibility index (Phi) is 8.52. The number of hydrogen-bond acceptors (Lipinski definition) is 5. The first kappa shape index (κ1) is 21.8. The second-order valence-corrected chi connectivity index (χ2v) is 8.11. The number of aliphatic hydroxyl groups excluding tert-OH is 1. The summed E-state index contributed by atoms with van der Waals surface area (Å²) in [6.45, 7) is 9.96. The number of aliphatic hydroxyl groups is 1. The largest absolute Gasteiger partial charge is 0.491 e. The third kappa shape index (κ3) is 7.14. The molecule has 6 nitrogen and oxygen atoms in total. The minimum atomic E-state index is -0.449. The third-order valence-corrected chi connectivity index (χ3v) is 5.46. The van der Waals surface area contributed by atoms with Crippen LogP contribution < -0.4 is 10.1 Å². The van der Waals surface area contributed by atoms with Gasteiger partial charge in [-0.1, -0.05) is 24.6 Å². The quantitative estimate of drug-likeness (QED) is 0.568. The van der Waals surface area contributed by atoms with Crippen molar-refractivity contribution in [1.82, 2.24) is 20.0 Å². The Morgan fingerprint density at radius 1 is 1.17 bits per heavy atom. The van der Waals surface area contributed by atoms with Crippen LogP contribution in [0, 0.1) is 13.8 Å². The smallest absolute Gasteiger partial charge is 0.123 e. The van der Waals surface area contributed by atoms with E-state index in [2.05, 4.69) is 39.1 Å². The number of aromatic nitrogens is 2. The van der Waals surface area contributed by atoms with Crippen molar-refractivity contribution < 1.29 is 9.84 Å². The Hall–Kier alpha value is -1.89. The first-order chi connectivity index (χ1) is 14.1. The minimum absolute atomic E-state index is 0.339. The van der Waals surface area contributed by atoms with E-state index in [0.29, 0.717) is 13.2 Å². The first-order valence-electron chi connectivity index (χ1n) is 10.9. The predicted molar refractivity (Wildman–Crippen MR) is 116 cm³/mol. The van der Waals surface area contributed by atoms with E-state index in [1.54, 1.807) is 0 Å². The number of piperidine rings is 1. The van der Waals surface area contributed by atoms with Crippen LogP contribution in [0.4, 0.5) is 0 Å². The number of ether oxygens (including phenoxy) is 1. The normalized spacial score (nSPS) is 16.1. The van der Waals surface area contributed by atoms with Crippen LogP contribution in [0.15, 0.2) is 30.3 Å². The minimum Gasteiger partial charge on any atom is -0.491 e. The molecule has 6 heteroatoms. The molecule has 0 spiro atoms. The number of nitrogens with one attached hydrogen (secondary N) is 1. The molecule has 1 atom stereocenters. The summed E-state index contributed by atoms with van der Waals surface area (Å²) in [6.07, 6.45) is 4.36. The SMILES string of the molecule is Cc1cc(C)n(CCCNCc2ccccc2OC[C@H](O)CN2CCCCC2)n1. The first-order valence-corrected chi connectivity index (χ1v) is 10.9. The number of β-amino-alcohol motifs (C(OH)–C–C–N with tert-alkyl or cyclic N) is 1. The van der Waals surface area contributed by atoms with Gasteiger partial charge >= 0.3 is 0 Å². The van der Waals surface area contributed by atoms with Gasteiger partial charge in [-0.15, -0.1) is 0 Å². The average molecular weight is 401 g/mol. The van der Waals surface area contributed by atoms with Crippen LogP contribution in [0.3, 0.4) is 0 Å². The molecule has 0 saturated carbocycles. The van der Waals surface area contributed by atoms with Crippen LogP contribution in [0.1, 0.15) is 42.6 Å². The van der Waals surface area contributed by atoms with E-state index in [9.17, 15) is 5.11 Å². The summed E-state index contributed by atoms with van der Waals surface area (Å²) >= 11 is 0. The van der Waals surface area contributed by atoms with Crippen molar-refractivity contribution in [3.05, 3.63) is 47.3 Å². The lowest BCUT2D eigenvalue weighted by molar-refractivity contribution is 0.0614. The Morgan fingerprint density at radius 2 is 1.97 bits per heavy atom. The maximum atomic E-state index is 10.3. The molecule has 0 unspecified atom stereocenters. The van der Waals surface area contributed by atoms with Crippen molar-refractivity contribution in [2.75, 3.05) is 32.8 Å². The highest BCUT2D eigenvalue weighted by Gasteiger charge is 2.15. The summed E-state index contributed by atoms with van der Waals surface area (Å²) in [7, 11) is 0. The molecule has 0 aliphatic carbocycles. The Bertz CT molecular complexity index is 740. The molecule has 1 saturated heterocycles. The molecule has 1 fully saturated rings. The van der Waals surface area contributed by atoms with Gasteiger partial charge in [-0.25, -0.2) is 0 Å². The molecule has 1 aliphatic rings. The molecule has 2 N–H and O–H groups in total. The number of para-hydroxylation sites is 1. The monoisotopic (exact) mass is 400 g/mol. The highest BCUT2D eigenvalue weighted by molar-refractivity contribution is 5.33. The van der Waals surface area contributed by atoms with Crippen molar-refractivity contribution in [1.29, 1.82) is 0 Å². The molecule has 3 rings (SSSR count). The summed E-state index contributed by atoms with van der Waals surface area (Å²) in [5, 5.41) is 18.3. The molecule has 2 aromatic rings. The van der Waals surface area contributed by atoms with Gasteiger partial charge in [0.15, 0.2) is 0 Å². The maximum absolute atomic E-state index is 10.3. The van der Waals surface area contributed by atoms with E-state index >= 15 is 0 Å². The summed E-state index contributed by atoms with van der Waals surface area (Å²) in [4.78, 5) is 2.34. The molecule has 2 heterocycles. The summed E-state index contributed by atoms with van der Waals surface area (Å²) in [5.41, 5.74) is 3.41. The van der Waals surface area contributed by atoms with Crippen LogP contribution in [-0.2, 0) is 13.1 Å². The lowest BCUT2D eigenvalue weighted by atomic mass is 10.1. The highest BCUT2D eigenvalue weighted by atomic mass is 16.5. The second kappa shape index (κ2) is 11.3. The topological polar surface area (TPSA) is 62.6 Å². The van der Waals surface area contributed by atoms with Gasteiger partial charge in [0.25, 0.3) is 0 Å². The standard InChI is InChI=1S/C23H36N4O2/c1-19-15-20(2)27(25-19)14-8-11-24-16-21-9-4-5-10-23(21)29-18-22(28)17-26-12-6-3-7-13-26/h4-5,9-10,15,22,24,28H,3,6-8,11-14,16-18H2,1-2H3/t22-/m1/s1. The lowest BCUT2D eigenvalue weighted by Gasteiger charge is -2.28. The zero-order valence-electron chi connectivity index (χ0n) is 17.9. The number of benzene rings is 1. The maximum Gasteiger partial charge on any atom is 0.123 e. The van der Waals surface area contributed by atoms with Gasteiger partial charge in [-0.3, -0.25) is 4.68 Å². The van der Waals surface area contributed by atoms with Crippen LogP contribution in [0.25, 0.3) is 0 Å². The van der Waals surface area contributed by atoms with Gasteiger partial charge in [0, 0.05) is 30.9 Å². The molecule has 160 valence electrons. The third-order valence-electron chi connectivity index (χ3n) is 5.46. The van der Waals surface area contributed by atoms with Gasteiger partial charge in [-0.2, -0.15) is 5.10 Å². The van der Waals surface area contributed by atoms with Crippen LogP contribution in [0.5, 0.6) is 5.75 Å². The van der Waals surface area contributed by atoms with Gasteiger partial charge < -0.3 is 20.1 Å². The van der Waals surface area contributed by atoms with E-state index < -0.39 is 6.10 Å². The number of hydrogen-bond donors (Lipinski definition) is 2. The molecule has 0 bridgehead atoms. The van der Waals surface area contributed by atoms with Crippen molar-refractivity contribution >= 4 is 0 Å². The average Bonchev–Trinajstić information content (AvgIpc) is 3.04. The molecule has 1 aromatic heterocycles. The molecular weight excluding hydrogens is 364 g/mol. The van der Waals surface area contributed by atoms with Crippen molar-refractivity contribution in [3.8, 4) is 5.75 Å². The zero-order chi connectivity index (χ0) is 20.5. The van der Waals surface area contributed by atoms with E-state index in [-0.39, 0.29) is 0 Å². The van der Waals surface area contributed by atoms with Gasteiger partial charge in [0.05, 0.1) is 5.69 Å². The van der Waals surface area contributed by atoms with E-state index in [4.69, 9.17) is 4.74 Å². The van der Waals surface area contributed by atoms with Gasteiger partial charge in [-0.05, 0) is 64.9 Å². The molecule has 1 aliphatic heterocycles. The number of aryl methyl sites for hydroxylation is 3. The zero-order valence-corrected chi connectivity index (χ0v) is 17.9. The molecule has 0 amide bonds. The predicted octanol–water partition coefficient (Wildman–Crippen LogP) is 2.91. The summed E-state index contributed by atoms with van der Waals surface area (Å²) < 4.78 is 8.02. The summed E-state index contributed by atoms with van der Waals surface area (Å²) in [5.74, 6) is 0.858. The van der Waals surface area contributed by atoms with E-state index in [1.807, 2.05) is 25.1 Å². The molecule has 29 heavy (non-hydrogen) atoms. The van der Waals surface area contributed by atoms with Gasteiger partial charge in [0.2, 0.25) is 0 Å². The van der Waals surface area contributed by atoms with E-state index in [1.165, 1.54) is 25.0 Å². The Morgan fingerprint density at radius 3 is 2.72 bits per heavy atom. The number of nitrogens with zero attached hydrogens (tertiary/aromatic N) is 3. The van der Waals surface area contributed by atoms with Crippen LogP contribution >= 0.6 is 0 Å². The van der Waals surface area contributed by atoms with Crippen LogP contribution in [-0.4, -0.2) is 58.7 Å². The second-order valence-electron chi connectivity index (χ2n) is 8.11. The Labute approximate surface area is 174 Å². The molecule has 1 aromatic carbocycles. The fourth-order valence-corrected chi connectivity index (χ4v) is 3.95. The number of rotatable bonds is 11. The highest BCUT2D eigenvalue weighted by Crippen LogP contribution is 2.18. The lowest BCUT2D eigenvalue weighted by Crippen LogP contribution is -2.38. The van der Waals surface area contributed by atoms with Gasteiger partial charge in [0.1, 0.15) is 18.5 Å². The van der Waals surface area contributed by atoms with E-state index in [0.717, 1.165) is 56.2 Å². The van der Waals surface area contributed by atoms with Crippen molar-refractivity contribution in [2.45, 2.75) is 58.7 Å². The fraction of sp³-hybridized carbons (Fsp3) is 0.609. The summed E-state index contributed by atoms with van der Waals surface area (Å²) in [6, 6.07) is 10.2.